The lowest BCUT2D eigenvalue weighted by Gasteiger charge is -2.63. The first-order valence-electron chi connectivity index (χ1n) is 14.4. The van der Waals surface area contributed by atoms with Crippen LogP contribution in [0.15, 0.2) is 0 Å². The van der Waals surface area contributed by atoms with Gasteiger partial charge in [-0.05, 0) is 104 Å². The summed E-state index contributed by atoms with van der Waals surface area (Å²) in [6.07, 6.45) is 7.12. The Balaban J connectivity index is 1.44. The Bertz CT molecular complexity index is 815. The third kappa shape index (κ3) is 4.84. The summed E-state index contributed by atoms with van der Waals surface area (Å²) in [6.45, 7) is 6.81. The molecule has 0 radical (unpaired) electrons. The third-order valence-corrected chi connectivity index (χ3v) is 11.8. The number of fused-ring (bicyclic) bond motifs is 5. The highest BCUT2D eigenvalue weighted by Gasteiger charge is 2.65. The fourth-order valence-electron chi connectivity index (χ4n) is 9.71. The van der Waals surface area contributed by atoms with Crippen molar-refractivity contribution < 1.29 is 35.1 Å². The van der Waals surface area contributed by atoms with Gasteiger partial charge >= 0.3 is 11.9 Å². The van der Waals surface area contributed by atoms with E-state index in [1.54, 1.807) is 0 Å². The van der Waals surface area contributed by atoms with Crippen molar-refractivity contribution in [2.75, 3.05) is 0 Å². The maximum atomic E-state index is 11.7. The molecule has 0 aromatic heterocycles. The molecule has 0 spiro atoms. The molecule has 0 bridgehead atoms. The first-order valence-corrected chi connectivity index (χ1v) is 14.4. The molecule has 7 heteroatoms. The Hall–Kier alpha value is -1.18. The molecule has 0 aromatic carbocycles. The van der Waals surface area contributed by atoms with Crippen LogP contribution in [0.5, 0.6) is 0 Å². The molecule has 4 saturated carbocycles. The molecule has 0 amide bonds. The van der Waals surface area contributed by atoms with Gasteiger partial charge in [0.15, 0.2) is 0 Å². The largest absolute Gasteiger partial charge is 0.481 e. The maximum Gasteiger partial charge on any atom is 0.306 e. The van der Waals surface area contributed by atoms with E-state index in [4.69, 9.17) is 5.11 Å². The Kier molecular flexibility index (Phi) is 8.14. The fourth-order valence-corrected chi connectivity index (χ4v) is 9.71. The van der Waals surface area contributed by atoms with Gasteiger partial charge in [0.2, 0.25) is 0 Å². The minimum absolute atomic E-state index is 0.0664. The molecular formula is C29H48O7. The van der Waals surface area contributed by atoms with Crippen LogP contribution in [-0.4, -0.2) is 55.8 Å². The van der Waals surface area contributed by atoms with Crippen LogP contribution >= 0.6 is 0 Å². The van der Waals surface area contributed by atoms with E-state index in [0.717, 1.165) is 57.8 Å². The second-order valence-corrected chi connectivity index (χ2v) is 13.4. The number of rotatable bonds is 9. The number of aliphatic hydroxyl groups is 3. The number of carboxylic acid groups (broad SMARTS) is 2. The molecule has 0 heterocycles. The lowest BCUT2D eigenvalue weighted by atomic mass is 9.43. The SMILES string of the molecule is C[C@H](CCCC(CCC(=O)O)C(=O)O)[C@H]1CC[C@H]2[C@@H]3C(O)CC4CC(O)CC[C@]4(C)[C@H]3CC(O)[C@]12C. The van der Waals surface area contributed by atoms with Gasteiger partial charge in [0.05, 0.1) is 24.2 Å². The summed E-state index contributed by atoms with van der Waals surface area (Å²) >= 11 is 0. The first-order chi connectivity index (χ1) is 16.9. The molecule has 4 aliphatic rings. The van der Waals surface area contributed by atoms with Gasteiger partial charge in [-0.1, -0.05) is 33.6 Å². The van der Waals surface area contributed by atoms with Crippen molar-refractivity contribution in [3.05, 3.63) is 0 Å². The molecule has 5 unspecified atom stereocenters. The summed E-state index contributed by atoms with van der Waals surface area (Å²) in [5, 5.41) is 51.8. The molecular weight excluding hydrogens is 460 g/mol. The van der Waals surface area contributed by atoms with E-state index in [-0.39, 0.29) is 53.6 Å². The molecule has 0 aromatic rings. The lowest BCUT2D eigenvalue weighted by Crippen LogP contribution is -2.62. The minimum atomic E-state index is -0.960. The van der Waals surface area contributed by atoms with E-state index < -0.39 is 24.0 Å². The second-order valence-electron chi connectivity index (χ2n) is 13.4. The average Bonchev–Trinajstić information content (AvgIpc) is 3.16. The van der Waals surface area contributed by atoms with E-state index in [2.05, 4.69) is 20.8 Å². The summed E-state index contributed by atoms with van der Waals surface area (Å²) in [5.41, 5.74) is -0.189. The number of carbonyl (C=O) groups is 2. The van der Waals surface area contributed by atoms with Crippen molar-refractivity contribution in [2.45, 2.75) is 116 Å². The molecule has 4 aliphatic carbocycles. The van der Waals surface area contributed by atoms with Crippen LogP contribution in [0.1, 0.15) is 97.8 Å². The molecule has 5 N–H and O–H groups in total. The molecule has 36 heavy (non-hydrogen) atoms. The van der Waals surface area contributed by atoms with Gasteiger partial charge in [0.25, 0.3) is 0 Å². The highest BCUT2D eigenvalue weighted by atomic mass is 16.4. The van der Waals surface area contributed by atoms with E-state index in [1.165, 1.54) is 0 Å². The standard InChI is InChI=1S/C29H48O7/c1-16(5-4-6-17(27(35)36)7-10-25(33)34)20-8-9-21-26-22(15-24(32)29(20,21)3)28(2)12-11-19(30)13-18(28)14-23(26)31/h16-24,26,30-32H,4-15H2,1-3H3,(H,33,34)(H,35,36)/t16-,17?,18?,19?,20-,21+,22+,23?,24?,26+,28+,29-/m1/s1. The van der Waals surface area contributed by atoms with E-state index in [0.29, 0.717) is 24.2 Å². The predicted octanol–water partition coefficient (Wildman–Crippen LogP) is 4.32. The summed E-state index contributed by atoms with van der Waals surface area (Å²) in [5.74, 6) is -0.778. The monoisotopic (exact) mass is 508 g/mol. The van der Waals surface area contributed by atoms with Gasteiger partial charge in [-0.2, -0.15) is 0 Å². The number of hydrogen-bond acceptors (Lipinski definition) is 5. The van der Waals surface area contributed by atoms with Crippen LogP contribution in [-0.2, 0) is 9.59 Å². The van der Waals surface area contributed by atoms with Crippen LogP contribution in [0.25, 0.3) is 0 Å². The molecule has 0 saturated heterocycles. The van der Waals surface area contributed by atoms with Crippen molar-refractivity contribution in [1.29, 1.82) is 0 Å². The smallest absolute Gasteiger partial charge is 0.306 e. The van der Waals surface area contributed by atoms with Crippen molar-refractivity contribution in [1.82, 2.24) is 0 Å². The number of carboxylic acids is 2. The highest BCUT2D eigenvalue weighted by Crippen LogP contribution is 2.68. The van der Waals surface area contributed by atoms with Crippen molar-refractivity contribution in [2.24, 2.45) is 52.3 Å². The zero-order valence-corrected chi connectivity index (χ0v) is 22.3. The Morgan fingerprint density at radius 1 is 0.917 bits per heavy atom. The summed E-state index contributed by atoms with van der Waals surface area (Å²) in [4.78, 5) is 22.4. The molecule has 0 aliphatic heterocycles. The Labute approximate surface area is 215 Å². The van der Waals surface area contributed by atoms with Gasteiger partial charge < -0.3 is 25.5 Å². The van der Waals surface area contributed by atoms with Crippen molar-refractivity contribution >= 4 is 11.9 Å². The van der Waals surface area contributed by atoms with Gasteiger partial charge in [0.1, 0.15) is 0 Å². The Morgan fingerprint density at radius 2 is 1.64 bits per heavy atom. The normalized spacial score (nSPS) is 45.7. The van der Waals surface area contributed by atoms with Gasteiger partial charge in [-0.15, -0.1) is 0 Å². The summed E-state index contributed by atoms with van der Waals surface area (Å²) in [6, 6.07) is 0. The van der Waals surface area contributed by atoms with Crippen LogP contribution < -0.4 is 0 Å². The Morgan fingerprint density at radius 3 is 2.31 bits per heavy atom. The van der Waals surface area contributed by atoms with Crippen molar-refractivity contribution in [3.8, 4) is 0 Å². The van der Waals surface area contributed by atoms with Crippen LogP contribution in [0, 0.1) is 52.3 Å². The van der Waals surface area contributed by atoms with Crippen molar-refractivity contribution in [3.63, 3.8) is 0 Å². The first kappa shape index (κ1) is 27.8. The average molecular weight is 509 g/mol. The topological polar surface area (TPSA) is 135 Å². The van der Waals surface area contributed by atoms with E-state index >= 15 is 0 Å². The van der Waals surface area contributed by atoms with Gasteiger partial charge in [-0.25, -0.2) is 0 Å². The minimum Gasteiger partial charge on any atom is -0.481 e. The molecule has 206 valence electrons. The highest BCUT2D eigenvalue weighted by molar-refractivity contribution is 5.72. The van der Waals surface area contributed by atoms with Crippen LogP contribution in [0.4, 0.5) is 0 Å². The van der Waals surface area contributed by atoms with Gasteiger partial charge in [-0.3, -0.25) is 9.59 Å². The fraction of sp³-hybridized carbons (Fsp3) is 0.931. The zero-order valence-electron chi connectivity index (χ0n) is 22.3. The number of aliphatic hydroxyl groups excluding tert-OH is 3. The van der Waals surface area contributed by atoms with E-state index in [9.17, 15) is 30.0 Å². The maximum absolute atomic E-state index is 11.7. The van der Waals surface area contributed by atoms with Gasteiger partial charge in [0, 0.05) is 6.42 Å². The van der Waals surface area contributed by atoms with Crippen LogP contribution in [0.3, 0.4) is 0 Å². The quantitative estimate of drug-likeness (QED) is 0.313. The second kappa shape index (κ2) is 10.5. The molecule has 4 fully saturated rings. The summed E-state index contributed by atoms with van der Waals surface area (Å²) in [7, 11) is 0. The number of aliphatic carboxylic acids is 2. The summed E-state index contributed by atoms with van der Waals surface area (Å²) < 4.78 is 0. The molecule has 7 nitrogen and oxygen atoms in total. The van der Waals surface area contributed by atoms with Crippen LogP contribution in [0.2, 0.25) is 0 Å². The predicted molar refractivity (Wildman–Crippen MR) is 135 cm³/mol. The van der Waals surface area contributed by atoms with E-state index in [1.807, 2.05) is 0 Å². The lowest BCUT2D eigenvalue weighted by molar-refractivity contribution is -0.207. The molecule has 12 atom stereocenters. The number of hydrogen-bond donors (Lipinski definition) is 5. The third-order valence-electron chi connectivity index (χ3n) is 11.8. The molecule has 4 rings (SSSR count). The zero-order chi connectivity index (χ0) is 26.4.